The predicted molar refractivity (Wildman–Crippen MR) is 99.5 cm³/mol. The van der Waals surface area contributed by atoms with Crippen LogP contribution in [0.5, 0.6) is 0 Å². The molecule has 138 valence electrons. The normalized spacial score (nSPS) is 27.9. The van der Waals surface area contributed by atoms with Gasteiger partial charge in [-0.15, -0.1) is 0 Å². The highest BCUT2D eigenvalue weighted by Crippen LogP contribution is 2.22. The van der Waals surface area contributed by atoms with Crippen molar-refractivity contribution < 1.29 is 9.53 Å². The lowest BCUT2D eigenvalue weighted by Gasteiger charge is -2.35. The van der Waals surface area contributed by atoms with E-state index in [1.807, 2.05) is 23.1 Å². The summed E-state index contributed by atoms with van der Waals surface area (Å²) in [6.45, 7) is 10.5. The van der Waals surface area contributed by atoms with Crippen LogP contribution < -0.4 is 5.32 Å². The molecule has 5 heteroatoms. The van der Waals surface area contributed by atoms with Gasteiger partial charge >= 0.3 is 6.03 Å². The van der Waals surface area contributed by atoms with E-state index >= 15 is 0 Å². The Kier molecular flexibility index (Phi) is 6.32. The van der Waals surface area contributed by atoms with Crippen molar-refractivity contribution in [2.24, 2.45) is 11.8 Å². The van der Waals surface area contributed by atoms with E-state index in [1.54, 1.807) is 0 Å². The first-order chi connectivity index (χ1) is 12.1. The Morgan fingerprint density at radius 1 is 1.16 bits per heavy atom. The minimum atomic E-state index is -0.0236. The number of hydrogen-bond acceptors (Lipinski definition) is 3. The molecule has 1 aromatic carbocycles. The molecule has 2 heterocycles. The van der Waals surface area contributed by atoms with Crippen LogP contribution in [0.3, 0.4) is 0 Å². The quantitative estimate of drug-likeness (QED) is 0.913. The van der Waals surface area contributed by atoms with Crippen molar-refractivity contribution in [3.63, 3.8) is 0 Å². The van der Waals surface area contributed by atoms with Crippen molar-refractivity contribution in [2.45, 2.75) is 26.4 Å². The second-order valence-corrected chi connectivity index (χ2v) is 7.65. The molecule has 0 unspecified atom stereocenters. The monoisotopic (exact) mass is 345 g/mol. The van der Waals surface area contributed by atoms with E-state index < -0.39 is 0 Å². The van der Waals surface area contributed by atoms with Crippen LogP contribution >= 0.6 is 0 Å². The molecule has 1 N–H and O–H groups in total. The fourth-order valence-electron chi connectivity index (χ4n) is 4.11. The smallest absolute Gasteiger partial charge is 0.317 e. The molecule has 0 aliphatic carbocycles. The number of hydrogen-bond donors (Lipinski definition) is 1. The Bertz CT molecular complexity index is 541. The molecule has 2 aliphatic rings. The highest BCUT2D eigenvalue weighted by molar-refractivity contribution is 5.74. The lowest BCUT2D eigenvalue weighted by atomic mass is 9.92. The van der Waals surface area contributed by atoms with Crippen molar-refractivity contribution in [3.8, 4) is 0 Å². The summed E-state index contributed by atoms with van der Waals surface area (Å²) >= 11 is 0. The third-order valence-electron chi connectivity index (χ3n) is 5.17. The summed E-state index contributed by atoms with van der Waals surface area (Å²) in [4.78, 5) is 16.8. The Balaban J connectivity index is 1.43. The van der Waals surface area contributed by atoms with E-state index in [0.717, 1.165) is 37.0 Å². The van der Waals surface area contributed by atoms with Gasteiger partial charge in [0.25, 0.3) is 0 Å². The number of amides is 2. The molecule has 25 heavy (non-hydrogen) atoms. The number of urea groups is 1. The van der Waals surface area contributed by atoms with E-state index in [4.69, 9.17) is 4.74 Å². The van der Waals surface area contributed by atoms with Gasteiger partial charge in [-0.2, -0.15) is 0 Å². The molecule has 2 aliphatic heterocycles. The van der Waals surface area contributed by atoms with Gasteiger partial charge in [0.05, 0.1) is 13.2 Å². The summed E-state index contributed by atoms with van der Waals surface area (Å²) in [7, 11) is 0. The molecule has 0 saturated carbocycles. The summed E-state index contributed by atoms with van der Waals surface area (Å²) in [6, 6.07) is 10.2. The van der Waals surface area contributed by atoms with Crippen LogP contribution in [0.4, 0.5) is 4.79 Å². The van der Waals surface area contributed by atoms with Crippen LogP contribution in [-0.4, -0.2) is 61.7 Å². The molecule has 3 rings (SSSR count). The van der Waals surface area contributed by atoms with Crippen molar-refractivity contribution in [2.75, 3.05) is 45.9 Å². The molecule has 0 aromatic heterocycles. The maximum absolute atomic E-state index is 12.5. The molecule has 5 nitrogen and oxygen atoms in total. The minimum absolute atomic E-state index is 0.0236. The van der Waals surface area contributed by atoms with Crippen LogP contribution in [-0.2, 0) is 4.74 Å². The fraction of sp³-hybridized carbons (Fsp3) is 0.650. The van der Waals surface area contributed by atoms with Crippen LogP contribution in [0.1, 0.15) is 31.9 Å². The lowest BCUT2D eigenvalue weighted by Crippen LogP contribution is -2.49. The molecular weight excluding hydrogens is 314 g/mol. The number of rotatable bonds is 4. The Morgan fingerprint density at radius 3 is 2.60 bits per heavy atom. The van der Waals surface area contributed by atoms with E-state index in [2.05, 4.69) is 36.2 Å². The number of nitrogens with one attached hydrogen (secondary N) is 1. The summed E-state index contributed by atoms with van der Waals surface area (Å²) in [5.41, 5.74) is 1.14. The average Bonchev–Trinajstić information content (AvgIpc) is 2.62. The predicted octanol–water partition coefficient (Wildman–Crippen LogP) is 2.75. The molecule has 0 radical (unpaired) electrons. The van der Waals surface area contributed by atoms with Gasteiger partial charge in [0.15, 0.2) is 0 Å². The standard InChI is InChI=1S/C20H31N3O2/c1-16-12-17(2)14-22(13-16)9-8-21-20(24)23-10-11-25-19(15-23)18-6-4-3-5-7-18/h3-7,16-17,19H,8-15H2,1-2H3,(H,21,24)/t16-,17-,19+/m1/s1. The average molecular weight is 345 g/mol. The summed E-state index contributed by atoms with van der Waals surface area (Å²) in [5, 5.41) is 3.09. The van der Waals surface area contributed by atoms with Gasteiger partial charge in [-0.25, -0.2) is 4.79 Å². The van der Waals surface area contributed by atoms with Gasteiger partial charge in [-0.05, 0) is 23.8 Å². The van der Waals surface area contributed by atoms with Gasteiger partial charge in [0.1, 0.15) is 6.10 Å². The Morgan fingerprint density at radius 2 is 1.88 bits per heavy atom. The highest BCUT2D eigenvalue weighted by atomic mass is 16.5. The zero-order valence-corrected chi connectivity index (χ0v) is 15.5. The molecule has 2 fully saturated rings. The van der Waals surface area contributed by atoms with Crippen LogP contribution in [0.25, 0.3) is 0 Å². The van der Waals surface area contributed by atoms with Crippen LogP contribution in [0, 0.1) is 11.8 Å². The Labute approximate surface area is 151 Å². The molecule has 0 spiro atoms. The minimum Gasteiger partial charge on any atom is -0.370 e. The number of morpholine rings is 1. The van der Waals surface area contributed by atoms with Crippen molar-refractivity contribution >= 4 is 6.03 Å². The van der Waals surface area contributed by atoms with Crippen LogP contribution in [0.2, 0.25) is 0 Å². The number of likely N-dealkylation sites (tertiary alicyclic amines) is 1. The second-order valence-electron chi connectivity index (χ2n) is 7.65. The summed E-state index contributed by atoms with van der Waals surface area (Å²) in [5.74, 6) is 1.51. The van der Waals surface area contributed by atoms with Gasteiger partial charge < -0.3 is 19.9 Å². The number of benzene rings is 1. The molecule has 3 atom stereocenters. The molecule has 1 aromatic rings. The lowest BCUT2D eigenvalue weighted by molar-refractivity contribution is -0.0155. The third-order valence-corrected chi connectivity index (χ3v) is 5.17. The first-order valence-corrected chi connectivity index (χ1v) is 9.53. The van der Waals surface area contributed by atoms with Gasteiger partial charge in [0, 0.05) is 32.7 Å². The highest BCUT2D eigenvalue weighted by Gasteiger charge is 2.26. The first kappa shape index (κ1) is 18.2. The number of ether oxygens (including phenoxy) is 1. The first-order valence-electron chi connectivity index (χ1n) is 9.53. The molecule has 0 bridgehead atoms. The van der Waals surface area contributed by atoms with Crippen molar-refractivity contribution in [1.29, 1.82) is 0 Å². The largest absolute Gasteiger partial charge is 0.370 e. The van der Waals surface area contributed by atoms with E-state index in [1.165, 1.54) is 6.42 Å². The van der Waals surface area contributed by atoms with Gasteiger partial charge in [-0.3, -0.25) is 0 Å². The second kappa shape index (κ2) is 8.68. The number of piperidine rings is 1. The fourth-order valence-corrected chi connectivity index (χ4v) is 4.11. The number of carbonyl (C=O) groups excluding carboxylic acids is 1. The number of carbonyl (C=O) groups is 1. The van der Waals surface area contributed by atoms with Crippen molar-refractivity contribution in [3.05, 3.63) is 35.9 Å². The van der Waals surface area contributed by atoms with Crippen LogP contribution in [0.15, 0.2) is 30.3 Å². The third kappa shape index (κ3) is 5.19. The maximum atomic E-state index is 12.5. The zero-order chi connectivity index (χ0) is 17.6. The van der Waals surface area contributed by atoms with E-state index in [0.29, 0.717) is 26.2 Å². The summed E-state index contributed by atoms with van der Waals surface area (Å²) < 4.78 is 5.84. The summed E-state index contributed by atoms with van der Waals surface area (Å²) in [6.07, 6.45) is 1.29. The zero-order valence-electron chi connectivity index (χ0n) is 15.5. The Hall–Kier alpha value is -1.59. The van der Waals surface area contributed by atoms with E-state index in [9.17, 15) is 4.79 Å². The topological polar surface area (TPSA) is 44.8 Å². The SMILES string of the molecule is C[C@@H]1C[C@@H](C)CN(CCNC(=O)N2CCO[C@H](c3ccccc3)C2)C1. The van der Waals surface area contributed by atoms with E-state index in [-0.39, 0.29) is 12.1 Å². The van der Waals surface area contributed by atoms with Crippen molar-refractivity contribution in [1.82, 2.24) is 15.1 Å². The molecule has 2 saturated heterocycles. The van der Waals surface area contributed by atoms with Gasteiger partial charge in [-0.1, -0.05) is 44.2 Å². The molecule has 2 amide bonds. The number of nitrogens with zero attached hydrogens (tertiary/aromatic N) is 2. The maximum Gasteiger partial charge on any atom is 0.317 e. The molecular formula is C20H31N3O2. The van der Waals surface area contributed by atoms with Gasteiger partial charge in [0.2, 0.25) is 0 Å².